The summed E-state index contributed by atoms with van der Waals surface area (Å²) in [6, 6.07) is 68.8. The molecule has 1 aliphatic rings. The minimum atomic E-state index is -0.212. The van der Waals surface area contributed by atoms with Gasteiger partial charge >= 0.3 is 0 Å². The van der Waals surface area contributed by atoms with Crippen molar-refractivity contribution in [3.05, 3.63) is 199 Å². The molecule has 0 spiro atoms. The molecule has 0 bridgehead atoms. The van der Waals surface area contributed by atoms with E-state index < -0.39 is 0 Å². The minimum absolute atomic E-state index is 0.212. The smallest absolute Gasteiger partial charge is 0.0540 e. The topological polar surface area (TPSA) is 3.24 Å². The summed E-state index contributed by atoms with van der Waals surface area (Å²) in [5.41, 5.74) is 16.1. The molecule has 1 nitrogen and oxygen atoms in total. The second-order valence-corrected chi connectivity index (χ2v) is 15.6. The molecule has 2 heteroatoms. The number of benzene rings is 8. The van der Waals surface area contributed by atoms with E-state index in [9.17, 15) is 0 Å². The van der Waals surface area contributed by atoms with Gasteiger partial charge in [-0.3, -0.25) is 0 Å². The third kappa shape index (κ3) is 5.13. The van der Waals surface area contributed by atoms with Crippen molar-refractivity contribution in [1.29, 1.82) is 0 Å². The summed E-state index contributed by atoms with van der Waals surface area (Å²) in [5, 5.41) is 2.69. The molecule has 10 rings (SSSR count). The molecule has 1 aromatic heterocycles. The largest absolute Gasteiger partial charge is 0.310 e. The van der Waals surface area contributed by atoms with Gasteiger partial charge in [0.15, 0.2) is 0 Å². The number of thiophene rings is 1. The van der Waals surface area contributed by atoms with Gasteiger partial charge in [-0.2, -0.15) is 0 Å². The van der Waals surface area contributed by atoms with Crippen LogP contribution in [0.1, 0.15) is 25.0 Å². The van der Waals surface area contributed by atoms with Crippen LogP contribution in [0, 0.1) is 0 Å². The van der Waals surface area contributed by atoms with Crippen LogP contribution in [-0.4, -0.2) is 0 Å². The second-order valence-electron chi connectivity index (χ2n) is 14.5. The zero-order valence-corrected chi connectivity index (χ0v) is 30.6. The molecule has 0 atom stereocenters. The molecule has 0 unspecified atom stereocenters. The number of hydrogen-bond acceptors (Lipinski definition) is 2. The Morgan fingerprint density at radius 2 is 1.00 bits per heavy atom. The van der Waals surface area contributed by atoms with Crippen molar-refractivity contribution in [3.63, 3.8) is 0 Å². The standard InChI is InChI=1S/C51H37NS/c1-51(2)43-32-39(30-31-41(43)49-44(51)33-47-50(42-23-13-15-25-46(42)53-47)48(49)37-20-10-5-11-21-37)52(38-28-26-35(27-29-38)34-16-6-3-7-17-34)45-24-14-12-22-40(45)36-18-8-4-9-19-36/h3-33H,1-2H3. The van der Waals surface area contributed by atoms with Gasteiger partial charge in [0.2, 0.25) is 0 Å². The van der Waals surface area contributed by atoms with Crippen LogP contribution < -0.4 is 4.90 Å². The van der Waals surface area contributed by atoms with Crippen LogP contribution >= 0.6 is 11.3 Å². The Morgan fingerprint density at radius 3 is 1.74 bits per heavy atom. The Kier molecular flexibility index (Phi) is 7.42. The lowest BCUT2D eigenvalue weighted by Crippen LogP contribution is -2.17. The van der Waals surface area contributed by atoms with Gasteiger partial charge in [-0.1, -0.05) is 159 Å². The fourth-order valence-electron chi connectivity index (χ4n) is 8.50. The summed E-state index contributed by atoms with van der Waals surface area (Å²) in [6.45, 7) is 4.82. The van der Waals surface area contributed by atoms with Crippen molar-refractivity contribution in [3.8, 4) is 44.5 Å². The molecule has 0 fully saturated rings. The van der Waals surface area contributed by atoms with Gasteiger partial charge in [0, 0.05) is 42.5 Å². The van der Waals surface area contributed by atoms with Crippen LogP contribution in [0.25, 0.3) is 64.7 Å². The molecule has 8 aromatic carbocycles. The second kappa shape index (κ2) is 12.5. The van der Waals surface area contributed by atoms with E-state index in [4.69, 9.17) is 0 Å². The van der Waals surface area contributed by atoms with E-state index >= 15 is 0 Å². The number of para-hydroxylation sites is 1. The van der Waals surface area contributed by atoms with E-state index in [0.29, 0.717) is 0 Å². The van der Waals surface area contributed by atoms with Gasteiger partial charge in [-0.15, -0.1) is 11.3 Å². The summed E-state index contributed by atoms with van der Waals surface area (Å²) in [6.07, 6.45) is 0. The number of nitrogens with zero attached hydrogens (tertiary/aromatic N) is 1. The quantitative estimate of drug-likeness (QED) is 0.167. The molecular formula is C51H37NS. The Hall–Kier alpha value is -6.22. The van der Waals surface area contributed by atoms with Crippen LogP contribution in [0.4, 0.5) is 17.1 Å². The summed E-state index contributed by atoms with van der Waals surface area (Å²) in [5.74, 6) is 0. The summed E-state index contributed by atoms with van der Waals surface area (Å²) in [4.78, 5) is 2.45. The highest BCUT2D eigenvalue weighted by atomic mass is 32.1. The molecule has 252 valence electrons. The molecular weight excluding hydrogens is 659 g/mol. The van der Waals surface area contributed by atoms with Gasteiger partial charge in [-0.25, -0.2) is 0 Å². The third-order valence-electron chi connectivity index (χ3n) is 11.1. The van der Waals surface area contributed by atoms with Crippen molar-refractivity contribution in [2.75, 3.05) is 4.90 Å². The number of anilines is 3. The van der Waals surface area contributed by atoms with Crippen LogP contribution in [0.5, 0.6) is 0 Å². The molecule has 0 saturated heterocycles. The van der Waals surface area contributed by atoms with E-state index in [-0.39, 0.29) is 5.41 Å². The third-order valence-corrected chi connectivity index (χ3v) is 12.2. The van der Waals surface area contributed by atoms with Crippen molar-refractivity contribution >= 4 is 48.6 Å². The average molecular weight is 696 g/mol. The Labute approximate surface area is 315 Å². The van der Waals surface area contributed by atoms with Gasteiger partial charge < -0.3 is 4.90 Å². The first-order valence-electron chi connectivity index (χ1n) is 18.4. The molecule has 0 N–H and O–H groups in total. The summed E-state index contributed by atoms with van der Waals surface area (Å²) in [7, 11) is 0. The van der Waals surface area contributed by atoms with Gasteiger partial charge in [0.05, 0.1) is 5.69 Å². The minimum Gasteiger partial charge on any atom is -0.310 e. The van der Waals surface area contributed by atoms with Crippen molar-refractivity contribution in [2.45, 2.75) is 19.3 Å². The lowest BCUT2D eigenvalue weighted by atomic mass is 9.81. The maximum Gasteiger partial charge on any atom is 0.0540 e. The molecule has 0 saturated carbocycles. The normalized spacial score (nSPS) is 12.9. The Morgan fingerprint density at radius 1 is 0.415 bits per heavy atom. The zero-order chi connectivity index (χ0) is 35.5. The SMILES string of the molecule is CC1(C)c2cc(N(c3ccc(-c4ccccc4)cc3)c3ccccc3-c3ccccc3)ccc2-c2c1cc1sc3ccccc3c1c2-c1ccccc1. The van der Waals surface area contributed by atoms with Crippen LogP contribution in [-0.2, 0) is 5.41 Å². The highest BCUT2D eigenvalue weighted by Gasteiger charge is 2.39. The van der Waals surface area contributed by atoms with Crippen molar-refractivity contribution < 1.29 is 0 Å². The molecule has 0 radical (unpaired) electrons. The number of hydrogen-bond donors (Lipinski definition) is 0. The van der Waals surface area contributed by atoms with E-state index in [1.54, 1.807) is 0 Å². The molecule has 1 aliphatic carbocycles. The van der Waals surface area contributed by atoms with Crippen molar-refractivity contribution in [1.82, 2.24) is 0 Å². The lowest BCUT2D eigenvalue weighted by molar-refractivity contribution is 0.661. The first kappa shape index (κ1) is 31.5. The highest BCUT2D eigenvalue weighted by molar-refractivity contribution is 7.26. The monoisotopic (exact) mass is 695 g/mol. The van der Waals surface area contributed by atoms with E-state index in [0.717, 1.165) is 17.1 Å². The average Bonchev–Trinajstić information content (AvgIpc) is 3.70. The highest BCUT2D eigenvalue weighted by Crippen LogP contribution is 2.57. The predicted octanol–water partition coefficient (Wildman–Crippen LogP) is 14.8. The maximum absolute atomic E-state index is 2.49. The van der Waals surface area contributed by atoms with Gasteiger partial charge in [0.1, 0.15) is 0 Å². The first-order valence-corrected chi connectivity index (χ1v) is 19.2. The lowest BCUT2D eigenvalue weighted by Gasteiger charge is -2.30. The molecule has 9 aromatic rings. The maximum atomic E-state index is 2.49. The van der Waals surface area contributed by atoms with E-state index in [1.807, 2.05) is 11.3 Å². The molecule has 0 aliphatic heterocycles. The molecule has 1 heterocycles. The van der Waals surface area contributed by atoms with Gasteiger partial charge in [-0.05, 0) is 92.5 Å². The van der Waals surface area contributed by atoms with E-state index in [1.165, 1.54) is 75.8 Å². The molecule has 0 amide bonds. The summed E-state index contributed by atoms with van der Waals surface area (Å²) < 4.78 is 2.68. The zero-order valence-electron chi connectivity index (χ0n) is 29.8. The fourth-order valence-corrected chi connectivity index (χ4v) is 9.65. The van der Waals surface area contributed by atoms with E-state index in [2.05, 4.69) is 207 Å². The molecule has 53 heavy (non-hydrogen) atoms. The van der Waals surface area contributed by atoms with Crippen molar-refractivity contribution in [2.24, 2.45) is 0 Å². The fraction of sp³-hybridized carbons (Fsp3) is 0.0588. The van der Waals surface area contributed by atoms with Crippen LogP contribution in [0.15, 0.2) is 188 Å². The summed E-state index contributed by atoms with van der Waals surface area (Å²) >= 11 is 1.91. The number of fused-ring (bicyclic) bond motifs is 6. The first-order chi connectivity index (χ1) is 26.1. The number of rotatable bonds is 6. The Balaban J connectivity index is 1.20. The predicted molar refractivity (Wildman–Crippen MR) is 228 cm³/mol. The van der Waals surface area contributed by atoms with Gasteiger partial charge in [0.25, 0.3) is 0 Å². The Bertz CT molecular complexity index is 2780. The van der Waals surface area contributed by atoms with Crippen LogP contribution in [0.2, 0.25) is 0 Å². The van der Waals surface area contributed by atoms with Crippen LogP contribution in [0.3, 0.4) is 0 Å².